The topological polar surface area (TPSA) is 55.4 Å². The third-order valence-corrected chi connectivity index (χ3v) is 2.88. The summed E-state index contributed by atoms with van der Waals surface area (Å²) in [6.45, 7) is 5.34. The normalized spacial score (nSPS) is 10.9. The summed E-state index contributed by atoms with van der Waals surface area (Å²) in [7, 11) is 0. The summed E-state index contributed by atoms with van der Waals surface area (Å²) in [5.41, 5.74) is 0.145. The highest BCUT2D eigenvalue weighted by atomic mass is 127. The first-order valence-corrected chi connectivity index (χ1v) is 6.60. The average Bonchev–Trinajstić information content (AvgIpc) is 2.24. The van der Waals surface area contributed by atoms with Crippen LogP contribution in [-0.2, 0) is 9.53 Å². The van der Waals surface area contributed by atoms with Crippen molar-refractivity contribution in [2.45, 2.75) is 26.3 Å². The van der Waals surface area contributed by atoms with Crippen LogP contribution >= 0.6 is 22.6 Å². The number of carbonyl (C=O) groups excluding carboxylic acids is 2. The molecular formula is C13H16INO3. The highest BCUT2D eigenvalue weighted by molar-refractivity contribution is 14.1. The third kappa shape index (κ3) is 5.03. The summed E-state index contributed by atoms with van der Waals surface area (Å²) in [6, 6.07) is 7.08. The second-order valence-corrected chi connectivity index (χ2v) is 6.02. The van der Waals surface area contributed by atoms with Gasteiger partial charge in [-0.1, -0.05) is 12.1 Å². The van der Waals surface area contributed by atoms with Crippen LogP contribution in [0.25, 0.3) is 0 Å². The number of amides is 1. The zero-order valence-electron chi connectivity index (χ0n) is 10.6. The van der Waals surface area contributed by atoms with Crippen molar-refractivity contribution in [3.63, 3.8) is 0 Å². The van der Waals surface area contributed by atoms with Gasteiger partial charge >= 0.3 is 5.97 Å². The molecule has 0 atom stereocenters. The largest absolute Gasteiger partial charge is 0.452 e. The van der Waals surface area contributed by atoms with E-state index in [4.69, 9.17) is 4.74 Å². The van der Waals surface area contributed by atoms with Crippen LogP contribution in [0.3, 0.4) is 0 Å². The number of carbonyl (C=O) groups is 2. The summed E-state index contributed by atoms with van der Waals surface area (Å²) < 4.78 is 5.76. The van der Waals surface area contributed by atoms with Crippen molar-refractivity contribution in [3.05, 3.63) is 33.4 Å². The third-order valence-electron chi connectivity index (χ3n) is 1.94. The van der Waals surface area contributed by atoms with E-state index < -0.39 is 5.97 Å². The molecule has 4 nitrogen and oxygen atoms in total. The lowest BCUT2D eigenvalue weighted by molar-refractivity contribution is -0.125. The molecule has 0 saturated carbocycles. The lowest BCUT2D eigenvalue weighted by Gasteiger charge is -2.20. The number of hydrogen-bond donors (Lipinski definition) is 1. The molecule has 1 aromatic rings. The van der Waals surface area contributed by atoms with E-state index in [-0.39, 0.29) is 18.1 Å². The van der Waals surface area contributed by atoms with Crippen molar-refractivity contribution in [1.29, 1.82) is 0 Å². The fraction of sp³-hybridized carbons (Fsp3) is 0.385. The Hall–Kier alpha value is -1.11. The lowest BCUT2D eigenvalue weighted by atomic mass is 10.1. The number of rotatable bonds is 3. The van der Waals surface area contributed by atoms with Crippen molar-refractivity contribution in [1.82, 2.24) is 5.32 Å². The Kier molecular flexibility index (Phi) is 5.13. The SMILES string of the molecule is CC(C)(C)NC(=O)COC(=O)c1ccccc1I. The van der Waals surface area contributed by atoms with Crippen molar-refractivity contribution >= 4 is 34.5 Å². The van der Waals surface area contributed by atoms with Gasteiger partial charge in [-0.3, -0.25) is 4.79 Å². The van der Waals surface area contributed by atoms with E-state index >= 15 is 0 Å². The highest BCUT2D eigenvalue weighted by Gasteiger charge is 2.16. The van der Waals surface area contributed by atoms with Gasteiger partial charge in [0.05, 0.1) is 5.56 Å². The number of esters is 1. The van der Waals surface area contributed by atoms with E-state index in [1.165, 1.54) is 0 Å². The molecule has 98 valence electrons. The Bertz CT molecular complexity index is 452. The molecule has 5 heteroatoms. The molecule has 1 rings (SSSR count). The molecular weight excluding hydrogens is 345 g/mol. The van der Waals surface area contributed by atoms with Crippen LogP contribution in [0.15, 0.2) is 24.3 Å². The molecule has 0 spiro atoms. The van der Waals surface area contributed by atoms with Gasteiger partial charge in [-0.2, -0.15) is 0 Å². The maximum Gasteiger partial charge on any atom is 0.339 e. The first-order chi connectivity index (χ1) is 8.29. The smallest absolute Gasteiger partial charge is 0.339 e. The monoisotopic (exact) mass is 361 g/mol. The van der Waals surface area contributed by atoms with Crippen LogP contribution in [-0.4, -0.2) is 24.0 Å². The molecule has 1 aromatic carbocycles. The van der Waals surface area contributed by atoms with E-state index in [2.05, 4.69) is 27.9 Å². The molecule has 0 aromatic heterocycles. The van der Waals surface area contributed by atoms with Crippen LogP contribution in [0.5, 0.6) is 0 Å². The fourth-order valence-corrected chi connectivity index (χ4v) is 1.90. The molecule has 0 bridgehead atoms. The van der Waals surface area contributed by atoms with Crippen molar-refractivity contribution < 1.29 is 14.3 Å². The molecule has 1 N–H and O–H groups in total. The number of hydrogen-bond acceptors (Lipinski definition) is 3. The predicted octanol–water partition coefficient (Wildman–Crippen LogP) is 2.36. The van der Waals surface area contributed by atoms with Crippen LogP contribution in [0.2, 0.25) is 0 Å². The minimum Gasteiger partial charge on any atom is -0.452 e. The van der Waals surface area contributed by atoms with Gasteiger partial charge < -0.3 is 10.1 Å². The van der Waals surface area contributed by atoms with Crippen LogP contribution < -0.4 is 5.32 Å². The minimum atomic E-state index is -0.482. The first kappa shape index (κ1) is 14.9. The summed E-state index contributed by atoms with van der Waals surface area (Å²) in [5, 5.41) is 2.72. The summed E-state index contributed by atoms with van der Waals surface area (Å²) in [6.07, 6.45) is 0. The van der Waals surface area contributed by atoms with E-state index in [0.29, 0.717) is 5.56 Å². The van der Waals surface area contributed by atoms with Crippen LogP contribution in [0.1, 0.15) is 31.1 Å². The molecule has 0 aliphatic carbocycles. The Morgan fingerprint density at radius 2 is 1.89 bits per heavy atom. The number of nitrogens with one attached hydrogen (secondary N) is 1. The van der Waals surface area contributed by atoms with Gasteiger partial charge in [-0.15, -0.1) is 0 Å². The molecule has 1 amide bonds. The second-order valence-electron chi connectivity index (χ2n) is 4.85. The molecule has 0 unspecified atom stereocenters. The Balaban J connectivity index is 2.52. The standard InChI is InChI=1S/C13H16INO3/c1-13(2,3)15-11(16)8-18-12(17)9-6-4-5-7-10(9)14/h4-7H,8H2,1-3H3,(H,15,16). The summed E-state index contributed by atoms with van der Waals surface area (Å²) in [5.74, 6) is -0.786. The number of benzene rings is 1. The van der Waals surface area contributed by atoms with E-state index in [1.807, 2.05) is 32.9 Å². The molecule has 0 heterocycles. The maximum atomic E-state index is 11.7. The van der Waals surface area contributed by atoms with Gasteiger partial charge in [0, 0.05) is 9.11 Å². The number of halogens is 1. The quantitative estimate of drug-likeness (QED) is 0.664. The molecule has 18 heavy (non-hydrogen) atoms. The van der Waals surface area contributed by atoms with Crippen LogP contribution in [0, 0.1) is 3.57 Å². The zero-order valence-corrected chi connectivity index (χ0v) is 12.8. The van der Waals surface area contributed by atoms with E-state index in [9.17, 15) is 9.59 Å². The Morgan fingerprint density at radius 1 is 1.28 bits per heavy atom. The first-order valence-electron chi connectivity index (χ1n) is 5.52. The fourth-order valence-electron chi connectivity index (χ4n) is 1.29. The molecule has 0 saturated heterocycles. The van der Waals surface area contributed by atoms with E-state index in [1.54, 1.807) is 12.1 Å². The highest BCUT2D eigenvalue weighted by Crippen LogP contribution is 2.12. The average molecular weight is 361 g/mol. The van der Waals surface area contributed by atoms with Gasteiger partial charge in [0.25, 0.3) is 5.91 Å². The lowest BCUT2D eigenvalue weighted by Crippen LogP contribution is -2.42. The molecule has 0 fully saturated rings. The Morgan fingerprint density at radius 3 is 2.44 bits per heavy atom. The van der Waals surface area contributed by atoms with Gasteiger partial charge in [-0.25, -0.2) is 4.79 Å². The molecule has 0 aliphatic heterocycles. The van der Waals surface area contributed by atoms with Gasteiger partial charge in [0.15, 0.2) is 6.61 Å². The van der Waals surface area contributed by atoms with E-state index in [0.717, 1.165) is 3.57 Å². The van der Waals surface area contributed by atoms with Gasteiger partial charge in [-0.05, 0) is 55.5 Å². The van der Waals surface area contributed by atoms with Crippen molar-refractivity contribution in [2.75, 3.05) is 6.61 Å². The van der Waals surface area contributed by atoms with Crippen molar-refractivity contribution in [3.8, 4) is 0 Å². The zero-order chi connectivity index (χ0) is 13.8. The van der Waals surface area contributed by atoms with Gasteiger partial charge in [0.1, 0.15) is 0 Å². The summed E-state index contributed by atoms with van der Waals surface area (Å²) in [4.78, 5) is 23.2. The molecule has 0 radical (unpaired) electrons. The second kappa shape index (κ2) is 6.17. The Labute approximate surface area is 120 Å². The number of ether oxygens (including phenoxy) is 1. The van der Waals surface area contributed by atoms with Gasteiger partial charge in [0.2, 0.25) is 0 Å². The maximum absolute atomic E-state index is 11.7. The summed E-state index contributed by atoms with van der Waals surface area (Å²) >= 11 is 2.05. The minimum absolute atomic E-state index is 0.263. The van der Waals surface area contributed by atoms with Crippen LogP contribution in [0.4, 0.5) is 0 Å². The molecule has 0 aliphatic rings. The van der Waals surface area contributed by atoms with Crippen molar-refractivity contribution in [2.24, 2.45) is 0 Å². The predicted molar refractivity (Wildman–Crippen MR) is 77.3 cm³/mol.